The van der Waals surface area contributed by atoms with Crippen LogP contribution in [0.2, 0.25) is 0 Å². The minimum atomic E-state index is 0.752. The predicted octanol–water partition coefficient (Wildman–Crippen LogP) is 4.92. The summed E-state index contributed by atoms with van der Waals surface area (Å²) in [6.07, 6.45) is 3.35. The van der Waals surface area contributed by atoms with Gasteiger partial charge >= 0.3 is 0 Å². The van der Waals surface area contributed by atoms with Crippen LogP contribution in [0.5, 0.6) is 0 Å². The molecule has 4 heterocycles. The molecule has 0 N–H and O–H groups in total. The molecule has 0 fully saturated rings. The maximum atomic E-state index is 4.87. The molecule has 0 aliphatic heterocycles. The normalized spacial score (nSPS) is 12.1. The number of nitrogens with zero attached hydrogens (tertiary/aromatic N) is 8. The molecule has 4 aromatic heterocycles. The molecule has 34 heavy (non-hydrogen) atoms. The van der Waals surface area contributed by atoms with E-state index in [4.69, 9.17) is 29.9 Å². The van der Waals surface area contributed by atoms with Crippen LogP contribution in [0.4, 0.5) is 0 Å². The van der Waals surface area contributed by atoms with E-state index in [1.807, 2.05) is 60.7 Å². The fraction of sp³-hybridized carbons (Fsp3) is 0. The largest absolute Gasteiger partial charge is 0.253 e. The molecule has 156 valence electrons. The molecule has 4 aromatic carbocycles. The molecule has 8 nitrogen and oxygen atoms in total. The van der Waals surface area contributed by atoms with Gasteiger partial charge in [-0.25, -0.2) is 29.9 Å². The van der Waals surface area contributed by atoms with Gasteiger partial charge in [-0.2, -0.15) is 0 Å². The lowest BCUT2D eigenvalue weighted by atomic mass is 10.2. The van der Waals surface area contributed by atoms with Gasteiger partial charge in [0.05, 0.1) is 77.2 Å². The zero-order valence-electron chi connectivity index (χ0n) is 17.5. The summed E-state index contributed by atoms with van der Waals surface area (Å²) in [5, 5.41) is 0. The molecular weight excluding hydrogens is 424 g/mol. The molecule has 0 saturated heterocycles. The van der Waals surface area contributed by atoms with Crippen molar-refractivity contribution in [3.8, 4) is 0 Å². The van der Waals surface area contributed by atoms with Crippen LogP contribution in [-0.2, 0) is 0 Å². The molecule has 0 atom stereocenters. The standard InChI is InChI=1S/C26H12N8/c1-2-4-14-13(3-1)29-19-9-21-22(10-20(19)30-14)34-26-12-24-23(11-25(26)33-21)31-17-7-15-16(8-18(17)32-24)28-6-5-27-15/h1-12H. The molecule has 0 aliphatic rings. The second kappa shape index (κ2) is 6.29. The third-order valence-corrected chi connectivity index (χ3v) is 6.04. The summed E-state index contributed by atoms with van der Waals surface area (Å²) < 4.78 is 0. The highest BCUT2D eigenvalue weighted by Gasteiger charge is 2.11. The van der Waals surface area contributed by atoms with Crippen molar-refractivity contribution in [2.75, 3.05) is 0 Å². The van der Waals surface area contributed by atoms with Crippen molar-refractivity contribution in [1.29, 1.82) is 0 Å². The summed E-state index contributed by atoms with van der Waals surface area (Å²) in [5.41, 5.74) is 10.9. The second-order valence-corrected chi connectivity index (χ2v) is 8.20. The monoisotopic (exact) mass is 436 g/mol. The Hall–Kier alpha value is -4.98. The zero-order chi connectivity index (χ0) is 22.2. The number of hydrogen-bond donors (Lipinski definition) is 0. The van der Waals surface area contributed by atoms with Crippen LogP contribution in [0.25, 0.3) is 77.2 Å². The van der Waals surface area contributed by atoms with E-state index in [0.717, 1.165) is 77.2 Å². The topological polar surface area (TPSA) is 103 Å². The van der Waals surface area contributed by atoms with Gasteiger partial charge in [0.1, 0.15) is 0 Å². The zero-order valence-corrected chi connectivity index (χ0v) is 17.5. The molecule has 0 spiro atoms. The quantitative estimate of drug-likeness (QED) is 0.309. The van der Waals surface area contributed by atoms with E-state index in [9.17, 15) is 0 Å². The van der Waals surface area contributed by atoms with Crippen molar-refractivity contribution in [3.05, 3.63) is 73.1 Å². The Bertz CT molecular complexity index is 1840. The van der Waals surface area contributed by atoms with Crippen LogP contribution >= 0.6 is 0 Å². The Kier molecular flexibility index (Phi) is 3.25. The average molecular weight is 436 g/mol. The van der Waals surface area contributed by atoms with Gasteiger partial charge in [-0.15, -0.1) is 0 Å². The number of fused-ring (bicyclic) bond motifs is 7. The summed E-state index contributed by atoms with van der Waals surface area (Å²) in [6, 6.07) is 19.4. The Morgan fingerprint density at radius 3 is 0.882 bits per heavy atom. The smallest absolute Gasteiger partial charge is 0.0917 e. The van der Waals surface area contributed by atoms with Crippen molar-refractivity contribution >= 4 is 77.2 Å². The van der Waals surface area contributed by atoms with Gasteiger partial charge < -0.3 is 0 Å². The molecule has 0 radical (unpaired) electrons. The Morgan fingerprint density at radius 1 is 0.294 bits per heavy atom. The summed E-state index contributed by atoms with van der Waals surface area (Å²) in [4.78, 5) is 37.6. The third kappa shape index (κ3) is 2.53. The van der Waals surface area contributed by atoms with E-state index in [1.54, 1.807) is 12.4 Å². The average Bonchev–Trinajstić information content (AvgIpc) is 2.86. The van der Waals surface area contributed by atoms with Crippen LogP contribution in [-0.4, -0.2) is 39.9 Å². The maximum Gasteiger partial charge on any atom is 0.0917 e. The molecular formula is C26H12N8. The summed E-state index contributed by atoms with van der Waals surface area (Å²) >= 11 is 0. The lowest BCUT2D eigenvalue weighted by Crippen LogP contribution is -1.94. The van der Waals surface area contributed by atoms with Gasteiger partial charge in [-0.1, -0.05) is 12.1 Å². The fourth-order valence-electron chi connectivity index (χ4n) is 4.43. The highest BCUT2D eigenvalue weighted by molar-refractivity contribution is 6.01. The number of rotatable bonds is 0. The highest BCUT2D eigenvalue weighted by Crippen LogP contribution is 2.26. The number of hydrogen-bond acceptors (Lipinski definition) is 8. The first-order valence-corrected chi connectivity index (χ1v) is 10.8. The lowest BCUT2D eigenvalue weighted by Gasteiger charge is -2.06. The van der Waals surface area contributed by atoms with Crippen LogP contribution in [0, 0.1) is 0 Å². The predicted molar refractivity (Wildman–Crippen MR) is 131 cm³/mol. The number of benzene rings is 4. The fourth-order valence-corrected chi connectivity index (χ4v) is 4.43. The molecule has 0 saturated carbocycles. The van der Waals surface area contributed by atoms with Crippen LogP contribution in [0.15, 0.2) is 73.1 Å². The van der Waals surface area contributed by atoms with E-state index >= 15 is 0 Å². The molecule has 0 unspecified atom stereocenters. The molecule has 8 rings (SSSR count). The van der Waals surface area contributed by atoms with Gasteiger partial charge in [-0.05, 0) is 48.5 Å². The number of aromatic nitrogens is 8. The van der Waals surface area contributed by atoms with Crippen molar-refractivity contribution in [1.82, 2.24) is 39.9 Å². The van der Waals surface area contributed by atoms with Crippen molar-refractivity contribution < 1.29 is 0 Å². The van der Waals surface area contributed by atoms with Crippen LogP contribution in [0.1, 0.15) is 0 Å². The highest BCUT2D eigenvalue weighted by atomic mass is 14.9. The van der Waals surface area contributed by atoms with Gasteiger partial charge in [0.15, 0.2) is 0 Å². The Labute approximate surface area is 190 Å². The SMILES string of the molecule is c1ccc2nc3cc4nc5cc6nc7cc8nccnc8cc7nc6cc5nc4cc3nc2c1. The minimum absolute atomic E-state index is 0.752. The first-order valence-electron chi connectivity index (χ1n) is 10.8. The van der Waals surface area contributed by atoms with Crippen molar-refractivity contribution in [3.63, 3.8) is 0 Å². The Morgan fingerprint density at radius 2 is 0.559 bits per heavy atom. The minimum Gasteiger partial charge on any atom is -0.253 e. The lowest BCUT2D eigenvalue weighted by molar-refractivity contribution is 1.29. The van der Waals surface area contributed by atoms with E-state index < -0.39 is 0 Å². The van der Waals surface area contributed by atoms with Crippen molar-refractivity contribution in [2.45, 2.75) is 0 Å². The first kappa shape index (κ1) is 17.6. The third-order valence-electron chi connectivity index (χ3n) is 6.04. The van der Waals surface area contributed by atoms with E-state index in [1.165, 1.54) is 0 Å². The molecule has 8 heteroatoms. The molecule has 0 amide bonds. The summed E-state index contributed by atoms with van der Waals surface area (Å²) in [5.74, 6) is 0. The summed E-state index contributed by atoms with van der Waals surface area (Å²) in [7, 11) is 0. The second-order valence-electron chi connectivity index (χ2n) is 8.20. The van der Waals surface area contributed by atoms with E-state index in [-0.39, 0.29) is 0 Å². The van der Waals surface area contributed by atoms with Crippen LogP contribution in [0.3, 0.4) is 0 Å². The van der Waals surface area contributed by atoms with Gasteiger partial charge in [0.2, 0.25) is 0 Å². The maximum absolute atomic E-state index is 4.87. The molecule has 0 bridgehead atoms. The number of para-hydroxylation sites is 2. The van der Waals surface area contributed by atoms with Crippen molar-refractivity contribution in [2.24, 2.45) is 0 Å². The van der Waals surface area contributed by atoms with Crippen LogP contribution < -0.4 is 0 Å². The van der Waals surface area contributed by atoms with E-state index in [0.29, 0.717) is 0 Å². The van der Waals surface area contributed by atoms with Gasteiger partial charge in [-0.3, -0.25) is 9.97 Å². The summed E-state index contributed by atoms with van der Waals surface area (Å²) in [6.45, 7) is 0. The Balaban J connectivity index is 1.40. The van der Waals surface area contributed by atoms with Gasteiger partial charge in [0.25, 0.3) is 0 Å². The van der Waals surface area contributed by atoms with E-state index in [2.05, 4.69) is 9.97 Å². The molecule has 8 aromatic rings. The first-order chi connectivity index (χ1) is 16.8. The van der Waals surface area contributed by atoms with Gasteiger partial charge in [0, 0.05) is 12.4 Å². The molecule has 0 aliphatic carbocycles.